The molecule has 2 rings (SSSR count). The quantitative estimate of drug-likeness (QED) is 0.761. The van der Waals surface area contributed by atoms with Crippen LogP contribution in [-0.4, -0.2) is 31.3 Å². The van der Waals surface area contributed by atoms with E-state index >= 15 is 0 Å². The summed E-state index contributed by atoms with van der Waals surface area (Å²) in [6, 6.07) is 16.5. The second kappa shape index (κ2) is 7.77. The van der Waals surface area contributed by atoms with Gasteiger partial charge in [0, 0.05) is 5.82 Å². The van der Waals surface area contributed by atoms with Gasteiger partial charge in [-0.15, -0.1) is 0 Å². The molecule has 0 aliphatic heterocycles. The van der Waals surface area contributed by atoms with Crippen molar-refractivity contribution in [3.05, 3.63) is 71.3 Å². The van der Waals surface area contributed by atoms with Crippen molar-refractivity contribution in [3.63, 3.8) is 0 Å². The van der Waals surface area contributed by atoms with Crippen molar-refractivity contribution >= 4 is 17.0 Å². The van der Waals surface area contributed by atoms with E-state index in [9.17, 15) is 18.5 Å². The van der Waals surface area contributed by atoms with Crippen LogP contribution in [-0.2, 0) is 22.0 Å². The van der Waals surface area contributed by atoms with Crippen LogP contribution in [0, 0.1) is 6.92 Å². The van der Waals surface area contributed by atoms with Crippen molar-refractivity contribution in [2.24, 2.45) is 0 Å². The SMILES string of the molecule is Cc1cccc(C[C@H](CS(=O)(=O)Cc2ccccc2)B(O)O)c1. The van der Waals surface area contributed by atoms with Gasteiger partial charge in [-0.3, -0.25) is 0 Å². The van der Waals surface area contributed by atoms with Crippen LogP contribution >= 0.6 is 0 Å². The Bertz CT molecular complexity index is 729. The van der Waals surface area contributed by atoms with Gasteiger partial charge in [0.25, 0.3) is 0 Å². The van der Waals surface area contributed by atoms with Gasteiger partial charge in [-0.2, -0.15) is 0 Å². The Morgan fingerprint density at radius 3 is 2.26 bits per heavy atom. The van der Waals surface area contributed by atoms with E-state index < -0.39 is 22.8 Å². The van der Waals surface area contributed by atoms with E-state index in [-0.39, 0.29) is 11.5 Å². The molecule has 23 heavy (non-hydrogen) atoms. The molecule has 2 aromatic carbocycles. The maximum absolute atomic E-state index is 12.3. The largest absolute Gasteiger partial charge is 0.456 e. The molecule has 2 N–H and O–H groups in total. The monoisotopic (exact) mass is 332 g/mol. The molecule has 6 heteroatoms. The Morgan fingerprint density at radius 2 is 1.65 bits per heavy atom. The van der Waals surface area contributed by atoms with Gasteiger partial charge in [-0.25, -0.2) is 8.42 Å². The molecule has 0 unspecified atom stereocenters. The molecule has 0 fully saturated rings. The minimum absolute atomic E-state index is 0.0924. The third-order valence-corrected chi connectivity index (χ3v) is 5.41. The molecular weight excluding hydrogens is 311 g/mol. The van der Waals surface area contributed by atoms with Crippen LogP contribution < -0.4 is 0 Å². The highest BCUT2D eigenvalue weighted by molar-refractivity contribution is 7.90. The zero-order valence-corrected chi connectivity index (χ0v) is 13.9. The summed E-state index contributed by atoms with van der Waals surface area (Å²) in [4.78, 5) is 0. The molecule has 0 radical (unpaired) electrons. The number of rotatable bonds is 7. The number of sulfone groups is 1. The lowest BCUT2D eigenvalue weighted by Crippen LogP contribution is -2.29. The van der Waals surface area contributed by atoms with Crippen LogP contribution in [0.25, 0.3) is 0 Å². The van der Waals surface area contributed by atoms with E-state index in [1.165, 1.54) is 0 Å². The molecule has 0 spiro atoms. The van der Waals surface area contributed by atoms with Crippen LogP contribution in [0.3, 0.4) is 0 Å². The molecule has 2 aromatic rings. The Kier molecular flexibility index (Phi) is 5.99. The Hall–Kier alpha value is -1.63. The van der Waals surface area contributed by atoms with E-state index in [1.54, 1.807) is 24.3 Å². The first-order valence-corrected chi connectivity index (χ1v) is 9.34. The van der Waals surface area contributed by atoms with E-state index in [0.29, 0.717) is 12.0 Å². The normalized spacial score (nSPS) is 12.8. The minimum Gasteiger partial charge on any atom is -0.427 e. The van der Waals surface area contributed by atoms with E-state index in [0.717, 1.165) is 11.1 Å². The molecule has 0 aromatic heterocycles. The van der Waals surface area contributed by atoms with Gasteiger partial charge < -0.3 is 10.0 Å². The molecule has 0 aliphatic rings. The highest BCUT2D eigenvalue weighted by Crippen LogP contribution is 2.21. The van der Waals surface area contributed by atoms with Crippen molar-refractivity contribution < 1.29 is 18.5 Å². The van der Waals surface area contributed by atoms with Crippen molar-refractivity contribution in [1.82, 2.24) is 0 Å². The Balaban J connectivity index is 2.09. The number of benzene rings is 2. The molecule has 0 saturated carbocycles. The highest BCUT2D eigenvalue weighted by Gasteiger charge is 2.29. The van der Waals surface area contributed by atoms with Gasteiger partial charge in [0.05, 0.1) is 11.5 Å². The molecule has 0 bridgehead atoms. The van der Waals surface area contributed by atoms with Gasteiger partial charge in [0.1, 0.15) is 0 Å². The van der Waals surface area contributed by atoms with Gasteiger partial charge in [0.2, 0.25) is 0 Å². The number of hydrogen-bond acceptors (Lipinski definition) is 4. The lowest BCUT2D eigenvalue weighted by atomic mass is 9.71. The molecule has 0 amide bonds. The summed E-state index contributed by atoms with van der Waals surface area (Å²) in [7, 11) is -5.09. The average molecular weight is 332 g/mol. The molecule has 0 aliphatic carbocycles. The first kappa shape index (κ1) is 17.7. The van der Waals surface area contributed by atoms with Crippen LogP contribution in [0.4, 0.5) is 0 Å². The van der Waals surface area contributed by atoms with E-state index in [4.69, 9.17) is 0 Å². The summed E-state index contributed by atoms with van der Waals surface area (Å²) in [6.45, 7) is 1.94. The highest BCUT2D eigenvalue weighted by atomic mass is 32.2. The lowest BCUT2D eigenvalue weighted by Gasteiger charge is -2.16. The lowest BCUT2D eigenvalue weighted by molar-refractivity contribution is 0.387. The summed E-state index contributed by atoms with van der Waals surface area (Å²) in [6.07, 6.45) is 0.313. The Labute approximate surface area is 137 Å². The summed E-state index contributed by atoms with van der Waals surface area (Å²) < 4.78 is 24.7. The maximum Gasteiger partial charge on any atom is 0.456 e. The summed E-state index contributed by atoms with van der Waals surface area (Å²) in [5.74, 6) is -1.09. The molecule has 0 saturated heterocycles. The second-order valence-corrected chi connectivity index (χ2v) is 8.02. The average Bonchev–Trinajstić information content (AvgIpc) is 2.47. The molecular formula is C17H21BO4S. The fourth-order valence-corrected chi connectivity index (χ4v) is 4.37. The van der Waals surface area contributed by atoms with Gasteiger partial charge >= 0.3 is 7.12 Å². The van der Waals surface area contributed by atoms with Crippen LogP contribution in [0.1, 0.15) is 16.7 Å². The predicted octanol–water partition coefficient (Wildman–Crippen LogP) is 2.00. The predicted molar refractivity (Wildman–Crippen MR) is 92.8 cm³/mol. The smallest absolute Gasteiger partial charge is 0.427 e. The van der Waals surface area contributed by atoms with E-state index in [1.807, 2.05) is 37.3 Å². The summed E-state index contributed by atoms with van der Waals surface area (Å²) in [5, 5.41) is 19.1. The first-order chi connectivity index (χ1) is 10.9. The second-order valence-electron chi connectivity index (χ2n) is 5.91. The molecule has 0 heterocycles. The van der Waals surface area contributed by atoms with Crippen LogP contribution in [0.2, 0.25) is 5.82 Å². The standard InChI is InChI=1S/C17H21BO4S/c1-14-6-5-9-16(10-14)11-17(18(19)20)13-23(21,22)12-15-7-3-2-4-8-15/h2-10,17,19-20H,11-13H2,1H3/t17-/m1/s1. The topological polar surface area (TPSA) is 74.6 Å². The maximum atomic E-state index is 12.3. The third kappa shape index (κ3) is 5.82. The van der Waals surface area contributed by atoms with Crippen LogP contribution in [0.15, 0.2) is 54.6 Å². The van der Waals surface area contributed by atoms with Crippen molar-refractivity contribution in [2.75, 3.05) is 5.75 Å². The fourth-order valence-electron chi connectivity index (χ4n) is 2.61. The summed E-state index contributed by atoms with van der Waals surface area (Å²) >= 11 is 0. The zero-order chi connectivity index (χ0) is 16.9. The van der Waals surface area contributed by atoms with Crippen molar-refractivity contribution in [2.45, 2.75) is 24.9 Å². The van der Waals surface area contributed by atoms with Crippen molar-refractivity contribution in [1.29, 1.82) is 0 Å². The van der Waals surface area contributed by atoms with Gasteiger partial charge in [-0.1, -0.05) is 60.2 Å². The van der Waals surface area contributed by atoms with E-state index in [2.05, 4.69) is 0 Å². The zero-order valence-electron chi connectivity index (χ0n) is 13.1. The number of aryl methyl sites for hydroxylation is 1. The molecule has 122 valence electrons. The molecule has 4 nitrogen and oxygen atoms in total. The van der Waals surface area contributed by atoms with Gasteiger partial charge in [0.15, 0.2) is 9.84 Å². The Morgan fingerprint density at radius 1 is 1.00 bits per heavy atom. The van der Waals surface area contributed by atoms with Crippen LogP contribution in [0.5, 0.6) is 0 Å². The first-order valence-electron chi connectivity index (χ1n) is 7.52. The number of hydrogen-bond donors (Lipinski definition) is 2. The fraction of sp³-hybridized carbons (Fsp3) is 0.294. The van der Waals surface area contributed by atoms with Crippen molar-refractivity contribution in [3.8, 4) is 0 Å². The third-order valence-electron chi connectivity index (χ3n) is 3.70. The minimum atomic E-state index is -3.43. The van der Waals surface area contributed by atoms with Gasteiger partial charge in [-0.05, 0) is 24.5 Å². The summed E-state index contributed by atoms with van der Waals surface area (Å²) in [5.41, 5.74) is 2.66. The molecule has 1 atom stereocenters.